The van der Waals surface area contributed by atoms with Crippen LogP contribution in [0.4, 0.5) is 0 Å². The Morgan fingerprint density at radius 1 is 1.54 bits per heavy atom. The Labute approximate surface area is 77.2 Å². The van der Waals surface area contributed by atoms with Crippen molar-refractivity contribution >= 4 is 5.57 Å². The average molecular weight is 179 g/mol. The number of likely N-dealkylation sites (N-methyl/N-ethyl adjacent to an activating group) is 1. The lowest BCUT2D eigenvalue weighted by Crippen LogP contribution is -2.25. The van der Waals surface area contributed by atoms with Gasteiger partial charge in [-0.25, -0.2) is 0 Å². The van der Waals surface area contributed by atoms with Crippen molar-refractivity contribution in [3.05, 3.63) is 17.8 Å². The molecule has 4 heteroatoms. The molecule has 0 spiro atoms. The van der Waals surface area contributed by atoms with Gasteiger partial charge in [-0.2, -0.15) is 4.98 Å². The van der Waals surface area contributed by atoms with Crippen molar-refractivity contribution in [1.82, 2.24) is 15.0 Å². The SMILES string of the molecule is Cc1noc(C2=CCCN(C)C2)n1. The third-order valence-electron chi connectivity index (χ3n) is 2.14. The molecule has 0 N–H and O–H groups in total. The minimum absolute atomic E-state index is 0.670. The highest BCUT2D eigenvalue weighted by Gasteiger charge is 2.14. The number of rotatable bonds is 1. The van der Waals surface area contributed by atoms with Gasteiger partial charge in [0.25, 0.3) is 5.89 Å². The molecule has 0 aromatic carbocycles. The van der Waals surface area contributed by atoms with Crippen LogP contribution in [-0.2, 0) is 0 Å². The predicted octanol–water partition coefficient (Wildman–Crippen LogP) is 1.10. The molecule has 13 heavy (non-hydrogen) atoms. The minimum Gasteiger partial charge on any atom is -0.334 e. The average Bonchev–Trinajstić information content (AvgIpc) is 2.52. The van der Waals surface area contributed by atoms with E-state index in [9.17, 15) is 0 Å². The zero-order valence-electron chi connectivity index (χ0n) is 7.95. The number of nitrogens with zero attached hydrogens (tertiary/aromatic N) is 3. The van der Waals surface area contributed by atoms with Crippen molar-refractivity contribution in [2.75, 3.05) is 20.1 Å². The van der Waals surface area contributed by atoms with E-state index in [0.717, 1.165) is 25.1 Å². The number of aryl methyl sites for hydroxylation is 1. The van der Waals surface area contributed by atoms with Gasteiger partial charge in [-0.15, -0.1) is 0 Å². The summed E-state index contributed by atoms with van der Waals surface area (Å²) in [5.74, 6) is 1.37. The highest BCUT2D eigenvalue weighted by molar-refractivity contribution is 5.60. The lowest BCUT2D eigenvalue weighted by molar-refractivity contribution is 0.356. The van der Waals surface area contributed by atoms with Gasteiger partial charge in [0, 0.05) is 18.7 Å². The van der Waals surface area contributed by atoms with E-state index in [0.29, 0.717) is 11.7 Å². The Balaban J connectivity index is 2.21. The summed E-state index contributed by atoms with van der Waals surface area (Å²) in [4.78, 5) is 6.44. The largest absolute Gasteiger partial charge is 0.334 e. The van der Waals surface area contributed by atoms with E-state index in [1.54, 1.807) is 0 Å². The van der Waals surface area contributed by atoms with Crippen LogP contribution >= 0.6 is 0 Å². The lowest BCUT2D eigenvalue weighted by Gasteiger charge is -2.20. The fraction of sp³-hybridized carbons (Fsp3) is 0.556. The van der Waals surface area contributed by atoms with Gasteiger partial charge in [0.05, 0.1) is 0 Å². The maximum absolute atomic E-state index is 5.10. The van der Waals surface area contributed by atoms with E-state index >= 15 is 0 Å². The Bertz CT molecular complexity index is 329. The molecule has 0 fully saturated rings. The quantitative estimate of drug-likeness (QED) is 0.647. The second-order valence-electron chi connectivity index (χ2n) is 3.40. The van der Waals surface area contributed by atoms with E-state index in [1.165, 1.54) is 0 Å². The first-order chi connectivity index (χ1) is 6.25. The first-order valence-electron chi connectivity index (χ1n) is 4.44. The maximum atomic E-state index is 5.10. The molecule has 1 aromatic heterocycles. The fourth-order valence-electron chi connectivity index (χ4n) is 1.48. The lowest BCUT2D eigenvalue weighted by atomic mass is 10.1. The first-order valence-corrected chi connectivity index (χ1v) is 4.44. The van der Waals surface area contributed by atoms with Gasteiger partial charge in [0.15, 0.2) is 5.82 Å². The Kier molecular flexibility index (Phi) is 2.14. The summed E-state index contributed by atoms with van der Waals surface area (Å²) in [6.45, 7) is 3.85. The van der Waals surface area contributed by atoms with Gasteiger partial charge in [-0.3, -0.25) is 0 Å². The molecule has 0 saturated heterocycles. The van der Waals surface area contributed by atoms with Gasteiger partial charge >= 0.3 is 0 Å². The highest BCUT2D eigenvalue weighted by atomic mass is 16.5. The van der Waals surface area contributed by atoms with Gasteiger partial charge in [-0.1, -0.05) is 11.2 Å². The molecule has 0 radical (unpaired) electrons. The van der Waals surface area contributed by atoms with Crippen molar-refractivity contribution in [1.29, 1.82) is 0 Å². The Morgan fingerprint density at radius 3 is 3.00 bits per heavy atom. The van der Waals surface area contributed by atoms with E-state index in [4.69, 9.17) is 4.52 Å². The van der Waals surface area contributed by atoms with Gasteiger partial charge in [0.1, 0.15) is 0 Å². The van der Waals surface area contributed by atoms with Crippen LogP contribution in [0.15, 0.2) is 10.6 Å². The number of aromatic nitrogens is 2. The van der Waals surface area contributed by atoms with Crippen molar-refractivity contribution in [3.8, 4) is 0 Å². The van der Waals surface area contributed by atoms with Crippen LogP contribution in [0.3, 0.4) is 0 Å². The van der Waals surface area contributed by atoms with Gasteiger partial charge in [-0.05, 0) is 20.4 Å². The molecule has 2 rings (SSSR count). The second kappa shape index (κ2) is 3.30. The van der Waals surface area contributed by atoms with Crippen molar-refractivity contribution in [3.63, 3.8) is 0 Å². The molecule has 1 aliphatic rings. The van der Waals surface area contributed by atoms with Crippen molar-refractivity contribution in [2.24, 2.45) is 0 Å². The van der Waals surface area contributed by atoms with Crippen molar-refractivity contribution in [2.45, 2.75) is 13.3 Å². The Morgan fingerprint density at radius 2 is 2.38 bits per heavy atom. The summed E-state index contributed by atoms with van der Waals surface area (Å²) in [5, 5.41) is 3.77. The van der Waals surface area contributed by atoms with Crippen LogP contribution in [0.5, 0.6) is 0 Å². The molecule has 0 saturated carbocycles. The second-order valence-corrected chi connectivity index (χ2v) is 3.40. The summed E-state index contributed by atoms with van der Waals surface area (Å²) in [6.07, 6.45) is 3.24. The monoisotopic (exact) mass is 179 g/mol. The minimum atomic E-state index is 0.670. The molecule has 4 nitrogen and oxygen atoms in total. The van der Waals surface area contributed by atoms with Gasteiger partial charge < -0.3 is 9.42 Å². The third kappa shape index (κ3) is 1.78. The molecule has 0 aliphatic carbocycles. The van der Waals surface area contributed by atoms with Gasteiger partial charge in [0.2, 0.25) is 0 Å². The zero-order chi connectivity index (χ0) is 9.26. The fourth-order valence-corrected chi connectivity index (χ4v) is 1.48. The standard InChI is InChI=1S/C9H13N3O/c1-7-10-9(13-11-7)8-4-3-5-12(2)6-8/h4H,3,5-6H2,1-2H3. The molecular weight excluding hydrogens is 166 g/mol. The smallest absolute Gasteiger partial charge is 0.254 e. The molecule has 0 amide bonds. The molecular formula is C9H13N3O. The Hall–Kier alpha value is -1.16. The first kappa shape index (κ1) is 8.44. The van der Waals surface area contributed by atoms with E-state index in [-0.39, 0.29) is 0 Å². The molecule has 0 bridgehead atoms. The van der Waals surface area contributed by atoms with Crippen LogP contribution in [0.2, 0.25) is 0 Å². The zero-order valence-corrected chi connectivity index (χ0v) is 7.95. The van der Waals surface area contributed by atoms with Crippen LogP contribution < -0.4 is 0 Å². The summed E-state index contributed by atoms with van der Waals surface area (Å²) in [7, 11) is 2.09. The summed E-state index contributed by atoms with van der Waals surface area (Å²) >= 11 is 0. The molecule has 1 aliphatic heterocycles. The summed E-state index contributed by atoms with van der Waals surface area (Å²) in [5.41, 5.74) is 1.15. The normalized spacial score (nSPS) is 18.8. The van der Waals surface area contributed by atoms with Crippen LogP contribution in [0.1, 0.15) is 18.1 Å². The topological polar surface area (TPSA) is 42.2 Å². The summed E-state index contributed by atoms with van der Waals surface area (Å²) in [6, 6.07) is 0. The number of hydrogen-bond acceptors (Lipinski definition) is 4. The summed E-state index contributed by atoms with van der Waals surface area (Å²) < 4.78 is 5.10. The van der Waals surface area contributed by atoms with Crippen LogP contribution in [0, 0.1) is 6.92 Å². The van der Waals surface area contributed by atoms with Crippen LogP contribution in [0.25, 0.3) is 5.57 Å². The molecule has 2 heterocycles. The third-order valence-corrected chi connectivity index (χ3v) is 2.14. The van der Waals surface area contributed by atoms with E-state index in [2.05, 4.69) is 28.2 Å². The molecule has 0 unspecified atom stereocenters. The van der Waals surface area contributed by atoms with Crippen molar-refractivity contribution < 1.29 is 4.52 Å². The predicted molar refractivity (Wildman–Crippen MR) is 49.1 cm³/mol. The molecule has 1 aromatic rings. The van der Waals surface area contributed by atoms with Crippen LogP contribution in [-0.4, -0.2) is 35.2 Å². The van der Waals surface area contributed by atoms with E-state index < -0.39 is 0 Å². The number of hydrogen-bond donors (Lipinski definition) is 0. The maximum Gasteiger partial charge on any atom is 0.254 e. The molecule has 70 valence electrons. The van der Waals surface area contributed by atoms with E-state index in [1.807, 2.05) is 6.92 Å². The molecule has 0 atom stereocenters. The highest BCUT2D eigenvalue weighted by Crippen LogP contribution is 2.17.